The van der Waals surface area contributed by atoms with Crippen molar-refractivity contribution < 1.29 is 13.6 Å². The summed E-state index contributed by atoms with van der Waals surface area (Å²) in [6.45, 7) is 0.239. The Hall–Kier alpha value is -2.44. The summed E-state index contributed by atoms with van der Waals surface area (Å²) in [4.78, 5) is 13.4. The SMILES string of the molecule is CN(Cc1cnn(C)c1)C(=O)c1cc(F)cc(N)c1F. The largest absolute Gasteiger partial charge is 0.396 e. The highest BCUT2D eigenvalue weighted by atomic mass is 19.1. The minimum absolute atomic E-state index is 0.239. The highest BCUT2D eigenvalue weighted by Crippen LogP contribution is 2.19. The first-order chi connectivity index (χ1) is 9.38. The number of nitrogen functional groups attached to an aromatic ring is 1. The van der Waals surface area contributed by atoms with Crippen molar-refractivity contribution >= 4 is 11.6 Å². The molecule has 0 unspecified atom stereocenters. The number of carbonyl (C=O) groups excluding carboxylic acids is 1. The molecule has 0 aliphatic heterocycles. The van der Waals surface area contributed by atoms with Gasteiger partial charge in [0.2, 0.25) is 0 Å². The van der Waals surface area contributed by atoms with Crippen LogP contribution >= 0.6 is 0 Å². The van der Waals surface area contributed by atoms with Crippen LogP contribution in [0.4, 0.5) is 14.5 Å². The zero-order chi connectivity index (χ0) is 14.9. The molecule has 5 nitrogen and oxygen atoms in total. The predicted molar refractivity (Wildman–Crippen MR) is 69.8 cm³/mol. The predicted octanol–water partition coefficient (Wildman–Crippen LogP) is 1.55. The number of anilines is 1. The Labute approximate surface area is 114 Å². The Morgan fingerprint density at radius 2 is 2.15 bits per heavy atom. The van der Waals surface area contributed by atoms with Gasteiger partial charge in [0.05, 0.1) is 17.4 Å². The molecule has 0 atom stereocenters. The first-order valence-electron chi connectivity index (χ1n) is 5.86. The summed E-state index contributed by atoms with van der Waals surface area (Å²) in [6, 6.07) is 1.68. The number of nitrogens with two attached hydrogens (primary N) is 1. The summed E-state index contributed by atoms with van der Waals surface area (Å²) >= 11 is 0. The highest BCUT2D eigenvalue weighted by molar-refractivity contribution is 5.95. The van der Waals surface area contributed by atoms with Crippen molar-refractivity contribution in [3.05, 3.63) is 47.3 Å². The average Bonchev–Trinajstić information content (AvgIpc) is 2.78. The fourth-order valence-electron chi connectivity index (χ4n) is 1.87. The number of aryl methyl sites for hydroxylation is 1. The molecule has 2 rings (SSSR count). The van der Waals surface area contributed by atoms with Gasteiger partial charge in [-0.3, -0.25) is 9.48 Å². The van der Waals surface area contributed by atoms with Crippen LogP contribution in [0.25, 0.3) is 0 Å². The Morgan fingerprint density at radius 3 is 2.75 bits per heavy atom. The summed E-state index contributed by atoms with van der Waals surface area (Å²) < 4.78 is 28.6. The van der Waals surface area contributed by atoms with E-state index < -0.39 is 17.5 Å². The van der Waals surface area contributed by atoms with Gasteiger partial charge in [0.1, 0.15) is 5.82 Å². The molecular formula is C13H14F2N4O. The van der Waals surface area contributed by atoms with E-state index in [1.165, 1.54) is 11.9 Å². The van der Waals surface area contributed by atoms with E-state index in [4.69, 9.17) is 5.73 Å². The van der Waals surface area contributed by atoms with E-state index in [-0.39, 0.29) is 17.8 Å². The van der Waals surface area contributed by atoms with Crippen LogP contribution in [0.3, 0.4) is 0 Å². The number of benzene rings is 1. The smallest absolute Gasteiger partial charge is 0.257 e. The lowest BCUT2D eigenvalue weighted by Crippen LogP contribution is -2.27. The number of halogens is 2. The van der Waals surface area contributed by atoms with Gasteiger partial charge in [-0.25, -0.2) is 8.78 Å². The topological polar surface area (TPSA) is 64.2 Å². The molecular weight excluding hydrogens is 266 g/mol. The Kier molecular flexibility index (Phi) is 3.69. The third-order valence-electron chi connectivity index (χ3n) is 2.82. The van der Waals surface area contributed by atoms with Crippen LogP contribution in [-0.4, -0.2) is 27.6 Å². The minimum Gasteiger partial charge on any atom is -0.396 e. The quantitative estimate of drug-likeness (QED) is 0.868. The molecule has 0 radical (unpaired) electrons. The molecule has 0 saturated heterocycles. The van der Waals surface area contributed by atoms with Crippen LogP contribution in [0.1, 0.15) is 15.9 Å². The van der Waals surface area contributed by atoms with Gasteiger partial charge in [-0.1, -0.05) is 0 Å². The maximum absolute atomic E-state index is 13.8. The van der Waals surface area contributed by atoms with Gasteiger partial charge in [0.25, 0.3) is 5.91 Å². The summed E-state index contributed by atoms with van der Waals surface area (Å²) in [5, 5.41) is 3.97. The second kappa shape index (κ2) is 5.28. The van der Waals surface area contributed by atoms with Crippen LogP contribution in [0.15, 0.2) is 24.5 Å². The number of hydrogen-bond acceptors (Lipinski definition) is 3. The lowest BCUT2D eigenvalue weighted by molar-refractivity contribution is 0.0780. The molecule has 0 aliphatic rings. The first kappa shape index (κ1) is 14.0. The van der Waals surface area contributed by atoms with Crippen molar-refractivity contribution in [2.75, 3.05) is 12.8 Å². The zero-order valence-electron chi connectivity index (χ0n) is 11.1. The molecule has 1 aromatic heterocycles. The molecule has 1 amide bonds. The molecule has 0 bridgehead atoms. The van der Waals surface area contributed by atoms with E-state index in [1.807, 2.05) is 0 Å². The molecule has 20 heavy (non-hydrogen) atoms. The van der Waals surface area contributed by atoms with Gasteiger partial charge in [-0.15, -0.1) is 0 Å². The third kappa shape index (κ3) is 2.76. The summed E-state index contributed by atoms with van der Waals surface area (Å²) in [5.74, 6) is -2.30. The van der Waals surface area contributed by atoms with E-state index >= 15 is 0 Å². The van der Waals surface area contributed by atoms with Crippen LogP contribution in [0.2, 0.25) is 0 Å². The maximum Gasteiger partial charge on any atom is 0.257 e. The monoisotopic (exact) mass is 280 g/mol. The average molecular weight is 280 g/mol. The number of rotatable bonds is 3. The molecule has 1 aromatic carbocycles. The maximum atomic E-state index is 13.8. The van der Waals surface area contributed by atoms with E-state index in [2.05, 4.69) is 5.10 Å². The Bertz CT molecular complexity index is 654. The third-order valence-corrected chi connectivity index (χ3v) is 2.82. The van der Waals surface area contributed by atoms with Crippen molar-refractivity contribution in [3.63, 3.8) is 0 Å². The fourth-order valence-corrected chi connectivity index (χ4v) is 1.87. The van der Waals surface area contributed by atoms with Gasteiger partial charge >= 0.3 is 0 Å². The first-order valence-corrected chi connectivity index (χ1v) is 5.86. The molecule has 7 heteroatoms. The standard InChI is InChI=1S/C13H14F2N4O/c1-18(6-8-5-17-19(2)7-8)13(20)10-3-9(14)4-11(16)12(10)15/h3-5,7H,6,16H2,1-2H3. The van der Waals surface area contributed by atoms with E-state index in [1.54, 1.807) is 24.1 Å². The van der Waals surface area contributed by atoms with Gasteiger partial charge in [0, 0.05) is 32.4 Å². The van der Waals surface area contributed by atoms with Crippen LogP contribution in [-0.2, 0) is 13.6 Å². The molecule has 0 fully saturated rings. The van der Waals surface area contributed by atoms with E-state index in [9.17, 15) is 13.6 Å². The van der Waals surface area contributed by atoms with Crippen LogP contribution in [0, 0.1) is 11.6 Å². The van der Waals surface area contributed by atoms with Crippen molar-refractivity contribution in [2.45, 2.75) is 6.54 Å². The molecule has 2 N–H and O–H groups in total. The minimum atomic E-state index is -0.908. The number of hydrogen-bond donors (Lipinski definition) is 1. The van der Waals surface area contributed by atoms with Crippen molar-refractivity contribution in [1.29, 1.82) is 0 Å². The molecule has 0 aliphatic carbocycles. The molecule has 2 aromatic rings. The van der Waals surface area contributed by atoms with E-state index in [0.717, 1.165) is 17.7 Å². The van der Waals surface area contributed by atoms with Crippen molar-refractivity contribution in [2.24, 2.45) is 7.05 Å². The van der Waals surface area contributed by atoms with Gasteiger partial charge in [0.15, 0.2) is 5.82 Å². The summed E-state index contributed by atoms with van der Waals surface area (Å²) in [5.41, 5.74) is 5.33. The zero-order valence-corrected chi connectivity index (χ0v) is 11.1. The summed E-state index contributed by atoms with van der Waals surface area (Å²) in [7, 11) is 3.24. The normalized spacial score (nSPS) is 10.6. The summed E-state index contributed by atoms with van der Waals surface area (Å²) in [6.07, 6.45) is 3.33. The molecule has 106 valence electrons. The highest BCUT2D eigenvalue weighted by Gasteiger charge is 2.20. The van der Waals surface area contributed by atoms with Gasteiger partial charge in [-0.05, 0) is 12.1 Å². The Morgan fingerprint density at radius 1 is 1.45 bits per heavy atom. The van der Waals surface area contributed by atoms with Crippen LogP contribution in [0.5, 0.6) is 0 Å². The number of nitrogens with zero attached hydrogens (tertiary/aromatic N) is 3. The molecule has 0 spiro atoms. The molecule has 1 heterocycles. The second-order valence-corrected chi connectivity index (χ2v) is 4.54. The second-order valence-electron chi connectivity index (χ2n) is 4.54. The van der Waals surface area contributed by atoms with E-state index in [0.29, 0.717) is 0 Å². The number of carbonyl (C=O) groups is 1. The van der Waals surface area contributed by atoms with Crippen molar-refractivity contribution in [1.82, 2.24) is 14.7 Å². The van der Waals surface area contributed by atoms with Crippen molar-refractivity contribution in [3.8, 4) is 0 Å². The molecule has 0 saturated carbocycles. The van der Waals surface area contributed by atoms with Crippen LogP contribution < -0.4 is 5.73 Å². The fraction of sp³-hybridized carbons (Fsp3) is 0.231. The number of aromatic nitrogens is 2. The van der Waals surface area contributed by atoms with Gasteiger partial charge < -0.3 is 10.6 Å². The number of amides is 1. The van der Waals surface area contributed by atoms with Gasteiger partial charge in [-0.2, -0.15) is 5.10 Å². The lowest BCUT2D eigenvalue weighted by Gasteiger charge is -2.17. The lowest BCUT2D eigenvalue weighted by atomic mass is 10.1. The Balaban J connectivity index is 2.22.